The number of rotatable bonds is 8. The van der Waals surface area contributed by atoms with E-state index in [0.29, 0.717) is 25.4 Å². The number of pyridine rings is 1. The molecule has 0 spiro atoms. The van der Waals surface area contributed by atoms with Crippen LogP contribution >= 0.6 is 11.8 Å². The number of hydrogen-bond donors (Lipinski definition) is 0. The normalized spacial score (nSPS) is 17.6. The minimum Gasteiger partial charge on any atom is -0.469 e. The molecule has 1 fully saturated rings. The van der Waals surface area contributed by atoms with E-state index in [2.05, 4.69) is 9.72 Å². The molecule has 0 unspecified atom stereocenters. The second kappa shape index (κ2) is 10.9. The van der Waals surface area contributed by atoms with Gasteiger partial charge in [0.25, 0.3) is 0 Å². The topological polar surface area (TPSA) is 89.0 Å². The molecular weight excluding hydrogens is 370 g/mol. The molecule has 0 saturated carbocycles. The lowest BCUT2D eigenvalue weighted by atomic mass is 10.2. The molecule has 1 aromatic rings. The number of ether oxygens (including phenoxy) is 2. The standard InChI is InChI=1S/C18H25N3O5S/c1-25-18(24)5-8-20-9-15(26-12-14-3-6-19-7-4-14)10-21(11-16(20)22)17(23)13-27-2/h3-4,6-7,15H,5,8-13H2,1-2H3/t15-/m0/s1. The van der Waals surface area contributed by atoms with Crippen molar-refractivity contribution in [2.75, 3.05) is 45.3 Å². The number of methoxy groups -OCH3 is 1. The van der Waals surface area contributed by atoms with E-state index in [1.165, 1.54) is 23.8 Å². The van der Waals surface area contributed by atoms with Crippen LogP contribution in [0.4, 0.5) is 0 Å². The van der Waals surface area contributed by atoms with Crippen molar-refractivity contribution in [1.82, 2.24) is 14.8 Å². The highest BCUT2D eigenvalue weighted by Gasteiger charge is 2.30. The average Bonchev–Trinajstić information content (AvgIpc) is 2.84. The molecule has 9 heteroatoms. The summed E-state index contributed by atoms with van der Waals surface area (Å²) in [7, 11) is 1.32. The number of hydrogen-bond acceptors (Lipinski definition) is 7. The fourth-order valence-corrected chi connectivity index (χ4v) is 3.16. The summed E-state index contributed by atoms with van der Waals surface area (Å²) in [4.78, 5) is 43.4. The first kappa shape index (κ1) is 21.2. The van der Waals surface area contributed by atoms with Crippen molar-refractivity contribution >= 4 is 29.5 Å². The van der Waals surface area contributed by atoms with E-state index in [-0.39, 0.29) is 43.4 Å². The zero-order valence-corrected chi connectivity index (χ0v) is 16.4. The van der Waals surface area contributed by atoms with Gasteiger partial charge in [0.1, 0.15) is 0 Å². The molecule has 2 amide bonds. The van der Waals surface area contributed by atoms with Gasteiger partial charge in [-0.25, -0.2) is 0 Å². The van der Waals surface area contributed by atoms with Gasteiger partial charge in [-0.1, -0.05) is 0 Å². The minimum absolute atomic E-state index is 0.00428. The summed E-state index contributed by atoms with van der Waals surface area (Å²) in [6.45, 7) is 1.26. The van der Waals surface area contributed by atoms with Gasteiger partial charge in [-0.05, 0) is 24.0 Å². The number of esters is 1. The SMILES string of the molecule is COC(=O)CCN1C[C@H](OCc2ccncc2)CN(C(=O)CSC)CC1=O. The number of thioether (sulfide) groups is 1. The zero-order chi connectivity index (χ0) is 19.6. The van der Waals surface area contributed by atoms with Gasteiger partial charge < -0.3 is 19.3 Å². The van der Waals surface area contributed by atoms with Crippen LogP contribution in [0.15, 0.2) is 24.5 Å². The Kier molecular flexibility index (Phi) is 8.53. The predicted octanol–water partition coefficient (Wildman–Crippen LogP) is 0.564. The molecule has 1 aliphatic rings. The van der Waals surface area contributed by atoms with E-state index in [0.717, 1.165) is 5.56 Å². The molecule has 8 nitrogen and oxygen atoms in total. The fourth-order valence-electron chi connectivity index (χ4n) is 2.73. The third-order valence-electron chi connectivity index (χ3n) is 4.20. The monoisotopic (exact) mass is 395 g/mol. The maximum absolute atomic E-state index is 12.6. The van der Waals surface area contributed by atoms with Crippen LogP contribution in [0.3, 0.4) is 0 Å². The highest BCUT2D eigenvalue weighted by molar-refractivity contribution is 7.99. The molecule has 1 aromatic heterocycles. The molecule has 1 saturated heterocycles. The van der Waals surface area contributed by atoms with Crippen LogP contribution in [0.25, 0.3) is 0 Å². The van der Waals surface area contributed by atoms with E-state index >= 15 is 0 Å². The maximum atomic E-state index is 12.6. The highest BCUT2D eigenvalue weighted by atomic mass is 32.2. The van der Waals surface area contributed by atoms with E-state index in [1.54, 1.807) is 17.3 Å². The summed E-state index contributed by atoms with van der Waals surface area (Å²) in [6, 6.07) is 3.71. The molecule has 2 heterocycles. The molecule has 0 aromatic carbocycles. The minimum atomic E-state index is -0.378. The van der Waals surface area contributed by atoms with Gasteiger partial charge in [-0.2, -0.15) is 11.8 Å². The van der Waals surface area contributed by atoms with Gasteiger partial charge in [0.2, 0.25) is 11.8 Å². The first-order valence-electron chi connectivity index (χ1n) is 8.65. The van der Waals surface area contributed by atoms with Crippen molar-refractivity contribution in [3.63, 3.8) is 0 Å². The Labute approximate surface area is 163 Å². The van der Waals surface area contributed by atoms with Gasteiger partial charge in [0, 0.05) is 32.0 Å². The third kappa shape index (κ3) is 6.84. The van der Waals surface area contributed by atoms with Gasteiger partial charge in [-0.3, -0.25) is 19.4 Å². The molecule has 0 bridgehead atoms. The lowest BCUT2D eigenvalue weighted by molar-refractivity contribution is -0.142. The van der Waals surface area contributed by atoms with Crippen molar-refractivity contribution in [2.45, 2.75) is 19.1 Å². The van der Waals surface area contributed by atoms with Gasteiger partial charge in [0.05, 0.1) is 38.5 Å². The van der Waals surface area contributed by atoms with Crippen molar-refractivity contribution in [3.05, 3.63) is 30.1 Å². The number of aromatic nitrogens is 1. The van der Waals surface area contributed by atoms with Crippen LogP contribution < -0.4 is 0 Å². The Balaban J connectivity index is 2.06. The lowest BCUT2D eigenvalue weighted by Crippen LogP contribution is -2.40. The van der Waals surface area contributed by atoms with Crippen molar-refractivity contribution in [3.8, 4) is 0 Å². The number of carbonyl (C=O) groups excluding carboxylic acids is 3. The largest absolute Gasteiger partial charge is 0.469 e. The smallest absolute Gasteiger partial charge is 0.307 e. The Bertz CT molecular complexity index is 643. The summed E-state index contributed by atoms with van der Waals surface area (Å²) in [5.74, 6) is -0.352. The van der Waals surface area contributed by atoms with Crippen LogP contribution in [-0.4, -0.2) is 84.0 Å². The van der Waals surface area contributed by atoms with Gasteiger partial charge in [0.15, 0.2) is 0 Å². The van der Waals surface area contributed by atoms with E-state index in [9.17, 15) is 14.4 Å². The quantitative estimate of drug-likeness (QED) is 0.594. The Morgan fingerprint density at radius 3 is 2.70 bits per heavy atom. The first-order valence-corrected chi connectivity index (χ1v) is 10.0. The Hall–Kier alpha value is -2.13. The number of carbonyl (C=O) groups is 3. The molecule has 0 radical (unpaired) electrons. The second-order valence-corrected chi connectivity index (χ2v) is 7.03. The van der Waals surface area contributed by atoms with Crippen LogP contribution in [-0.2, 0) is 30.5 Å². The molecule has 27 heavy (non-hydrogen) atoms. The van der Waals surface area contributed by atoms with Crippen LogP contribution in [0, 0.1) is 0 Å². The molecule has 148 valence electrons. The first-order chi connectivity index (χ1) is 13.0. The summed E-state index contributed by atoms with van der Waals surface area (Å²) in [5.41, 5.74) is 0.962. The molecule has 0 aliphatic carbocycles. The Morgan fingerprint density at radius 1 is 1.30 bits per heavy atom. The summed E-state index contributed by atoms with van der Waals surface area (Å²) in [5, 5.41) is 0. The van der Waals surface area contributed by atoms with Gasteiger partial charge >= 0.3 is 5.97 Å². The average molecular weight is 395 g/mol. The van der Waals surface area contributed by atoms with Crippen molar-refractivity contribution in [2.24, 2.45) is 0 Å². The highest BCUT2D eigenvalue weighted by Crippen LogP contribution is 2.13. The van der Waals surface area contributed by atoms with E-state index in [1.807, 2.05) is 18.4 Å². The molecule has 0 N–H and O–H groups in total. The third-order valence-corrected chi connectivity index (χ3v) is 4.73. The molecule has 1 atom stereocenters. The number of amides is 2. The summed E-state index contributed by atoms with van der Waals surface area (Å²) < 4.78 is 10.6. The van der Waals surface area contributed by atoms with Crippen LogP contribution in [0.1, 0.15) is 12.0 Å². The predicted molar refractivity (Wildman–Crippen MR) is 101 cm³/mol. The van der Waals surface area contributed by atoms with Gasteiger partial charge in [-0.15, -0.1) is 0 Å². The van der Waals surface area contributed by atoms with Crippen LogP contribution in [0.2, 0.25) is 0 Å². The van der Waals surface area contributed by atoms with E-state index < -0.39 is 0 Å². The summed E-state index contributed by atoms with van der Waals surface area (Å²) in [6.07, 6.45) is 4.99. The molecule has 1 aliphatic heterocycles. The van der Waals surface area contributed by atoms with E-state index in [4.69, 9.17) is 4.74 Å². The lowest BCUT2D eigenvalue weighted by Gasteiger charge is -2.24. The second-order valence-electron chi connectivity index (χ2n) is 6.16. The maximum Gasteiger partial charge on any atom is 0.307 e. The molecular formula is C18H25N3O5S. The fraction of sp³-hybridized carbons (Fsp3) is 0.556. The van der Waals surface area contributed by atoms with Crippen molar-refractivity contribution in [1.29, 1.82) is 0 Å². The Morgan fingerprint density at radius 2 is 2.04 bits per heavy atom. The zero-order valence-electron chi connectivity index (χ0n) is 15.6. The molecule has 2 rings (SSSR count). The van der Waals surface area contributed by atoms with Crippen LogP contribution in [0.5, 0.6) is 0 Å². The summed E-state index contributed by atoms with van der Waals surface area (Å²) >= 11 is 1.42. The van der Waals surface area contributed by atoms with Crippen molar-refractivity contribution < 1.29 is 23.9 Å². The number of nitrogens with zero attached hydrogens (tertiary/aromatic N) is 3.